The van der Waals surface area contributed by atoms with E-state index < -0.39 is 0 Å². The topological polar surface area (TPSA) is 42.9 Å². The Morgan fingerprint density at radius 3 is 2.64 bits per heavy atom. The fraction of sp³-hybridized carbons (Fsp3) is 0. The van der Waals surface area contributed by atoms with Gasteiger partial charge < -0.3 is 0 Å². The Kier molecular flexibility index (Phi) is 3.33. The van der Waals surface area contributed by atoms with E-state index in [9.17, 15) is 4.79 Å². The Labute approximate surface area is 81.8 Å². The lowest BCUT2D eigenvalue weighted by molar-refractivity contribution is 0.111. The summed E-state index contributed by atoms with van der Waals surface area (Å²) >= 11 is 0. The summed E-state index contributed by atoms with van der Waals surface area (Å²) in [7, 11) is 0. The molecular weight excluding hydrogens is 176 g/mol. The molecule has 2 heterocycles. The van der Waals surface area contributed by atoms with Crippen LogP contribution in [0.5, 0.6) is 0 Å². The highest BCUT2D eigenvalue weighted by molar-refractivity contribution is 5.80. The van der Waals surface area contributed by atoms with Crippen LogP contribution in [0.1, 0.15) is 10.5 Å². The molecule has 0 aliphatic carbocycles. The van der Waals surface area contributed by atoms with Crippen LogP contribution in [0.4, 0.5) is 0 Å². The van der Waals surface area contributed by atoms with Gasteiger partial charge >= 0.3 is 0 Å². The first-order valence-electron chi connectivity index (χ1n) is 3.90. The van der Waals surface area contributed by atoms with Crippen molar-refractivity contribution in [2.75, 3.05) is 0 Å². The molecule has 0 amide bonds. The van der Waals surface area contributed by atoms with E-state index in [1.165, 1.54) is 0 Å². The van der Waals surface area contributed by atoms with Crippen LogP contribution in [-0.2, 0) is 0 Å². The third kappa shape index (κ3) is 1.93. The zero-order valence-corrected chi connectivity index (χ0v) is 7.42. The van der Waals surface area contributed by atoms with Gasteiger partial charge in [-0.1, -0.05) is 0 Å². The lowest BCUT2D eigenvalue weighted by Gasteiger charge is -1.94. The van der Waals surface area contributed by atoms with E-state index in [1.807, 2.05) is 6.07 Å². The predicted molar refractivity (Wildman–Crippen MR) is 54.8 cm³/mol. The van der Waals surface area contributed by atoms with Crippen molar-refractivity contribution in [2.45, 2.75) is 0 Å². The Morgan fingerprint density at radius 2 is 1.93 bits per heavy atom. The summed E-state index contributed by atoms with van der Waals surface area (Å²) in [5.41, 5.74) is 2.00. The quantitative estimate of drug-likeness (QED) is 0.500. The van der Waals surface area contributed by atoms with Crippen LogP contribution in [0.15, 0.2) is 30.5 Å². The minimum atomic E-state index is 0.440. The van der Waals surface area contributed by atoms with Gasteiger partial charge in [-0.2, -0.15) is 0 Å². The molecule has 0 bridgehead atoms. The largest absolute Gasteiger partial charge is 0.296 e. The summed E-state index contributed by atoms with van der Waals surface area (Å²) in [5.74, 6) is 0. The van der Waals surface area contributed by atoms with E-state index in [0.717, 1.165) is 17.3 Å². The molecule has 3 heteroatoms. The molecule has 14 heavy (non-hydrogen) atoms. The molecule has 0 unspecified atom stereocenters. The Balaban J connectivity index is 0.000000461. The molecule has 0 atom stereocenters. The molecule has 0 aliphatic rings. The van der Waals surface area contributed by atoms with Crippen molar-refractivity contribution in [3.05, 3.63) is 36.2 Å². The number of aldehydes is 1. The number of carbonyl (C=O) groups is 1. The lowest BCUT2D eigenvalue weighted by Crippen LogP contribution is -1.87. The van der Waals surface area contributed by atoms with Gasteiger partial charge in [0.05, 0.1) is 11.0 Å². The molecule has 0 N–H and O–H groups in total. The van der Waals surface area contributed by atoms with Crippen LogP contribution >= 0.6 is 0 Å². The average molecular weight is 184 g/mol. The first kappa shape index (κ1) is 9.87. The van der Waals surface area contributed by atoms with Crippen molar-refractivity contribution < 1.29 is 4.79 Å². The first-order valence-corrected chi connectivity index (χ1v) is 3.90. The van der Waals surface area contributed by atoms with E-state index >= 15 is 0 Å². The van der Waals surface area contributed by atoms with Gasteiger partial charge in [-0.15, -0.1) is 12.8 Å². The van der Waals surface area contributed by atoms with Gasteiger partial charge in [0.1, 0.15) is 5.69 Å². The van der Waals surface area contributed by atoms with E-state index in [4.69, 9.17) is 0 Å². The fourth-order valence-electron chi connectivity index (χ4n) is 1.04. The van der Waals surface area contributed by atoms with Gasteiger partial charge in [0, 0.05) is 6.20 Å². The Hall–Kier alpha value is -2.21. The van der Waals surface area contributed by atoms with Gasteiger partial charge in [0.15, 0.2) is 6.29 Å². The maximum Gasteiger partial charge on any atom is 0.168 e. The van der Waals surface area contributed by atoms with Crippen LogP contribution in [-0.4, -0.2) is 16.3 Å². The van der Waals surface area contributed by atoms with Crippen LogP contribution < -0.4 is 0 Å². The fourth-order valence-corrected chi connectivity index (χ4v) is 1.04. The zero-order valence-electron chi connectivity index (χ0n) is 7.42. The minimum absolute atomic E-state index is 0.440. The van der Waals surface area contributed by atoms with Crippen LogP contribution in [0.3, 0.4) is 0 Å². The lowest BCUT2D eigenvalue weighted by atomic mass is 10.3. The average Bonchev–Trinajstić information content (AvgIpc) is 2.31. The maximum atomic E-state index is 10.4. The van der Waals surface area contributed by atoms with Crippen LogP contribution in [0.2, 0.25) is 0 Å². The number of rotatable bonds is 1. The highest BCUT2D eigenvalue weighted by Gasteiger charge is 1.95. The molecule has 0 aliphatic heterocycles. The number of hydrogen-bond acceptors (Lipinski definition) is 3. The van der Waals surface area contributed by atoms with Gasteiger partial charge in [-0.25, -0.2) is 4.98 Å². The van der Waals surface area contributed by atoms with Crippen molar-refractivity contribution in [1.29, 1.82) is 0 Å². The van der Waals surface area contributed by atoms with Crippen LogP contribution in [0, 0.1) is 12.8 Å². The monoisotopic (exact) mass is 184 g/mol. The van der Waals surface area contributed by atoms with Crippen LogP contribution in [0.25, 0.3) is 11.0 Å². The first-order chi connectivity index (χ1) is 6.90. The maximum absolute atomic E-state index is 10.4. The number of hydrogen-bond donors (Lipinski definition) is 0. The molecule has 0 spiro atoms. The Bertz CT molecular complexity index is 463. The number of terminal acetylenes is 1. The highest BCUT2D eigenvalue weighted by atomic mass is 16.1. The standard InChI is InChI=1S/C9H6N2O.C2H2/c12-6-7-3-4-8-9(11-7)2-1-5-10-8;1-2/h1-6H;1-2H. The van der Waals surface area contributed by atoms with Crippen molar-refractivity contribution >= 4 is 17.3 Å². The van der Waals surface area contributed by atoms with Crippen molar-refractivity contribution in [2.24, 2.45) is 0 Å². The number of pyridine rings is 2. The van der Waals surface area contributed by atoms with Gasteiger partial charge in [-0.3, -0.25) is 9.78 Å². The van der Waals surface area contributed by atoms with Gasteiger partial charge in [-0.05, 0) is 24.3 Å². The molecule has 2 aromatic heterocycles. The molecule has 0 aromatic carbocycles. The zero-order chi connectivity index (χ0) is 10.4. The number of aromatic nitrogens is 2. The van der Waals surface area contributed by atoms with E-state index in [0.29, 0.717) is 5.69 Å². The predicted octanol–water partition coefficient (Wildman–Crippen LogP) is 1.69. The SMILES string of the molecule is C#C.O=Cc1ccc2ncccc2n1. The molecule has 0 saturated carbocycles. The summed E-state index contributed by atoms with van der Waals surface area (Å²) in [6.07, 6.45) is 10.4. The smallest absolute Gasteiger partial charge is 0.168 e. The Morgan fingerprint density at radius 1 is 1.14 bits per heavy atom. The summed E-state index contributed by atoms with van der Waals surface area (Å²) in [6.45, 7) is 0. The van der Waals surface area contributed by atoms with Gasteiger partial charge in [0.2, 0.25) is 0 Å². The molecule has 0 fully saturated rings. The summed E-state index contributed by atoms with van der Waals surface area (Å²) in [6, 6.07) is 7.06. The molecular formula is C11H8N2O. The second-order valence-corrected chi connectivity index (χ2v) is 2.40. The third-order valence-corrected chi connectivity index (χ3v) is 1.60. The molecule has 0 radical (unpaired) electrons. The van der Waals surface area contributed by atoms with Crippen molar-refractivity contribution in [3.8, 4) is 12.8 Å². The molecule has 2 rings (SSSR count). The van der Waals surface area contributed by atoms with Crippen molar-refractivity contribution in [3.63, 3.8) is 0 Å². The van der Waals surface area contributed by atoms with E-state index in [2.05, 4.69) is 22.8 Å². The summed E-state index contributed by atoms with van der Waals surface area (Å²) in [4.78, 5) is 18.5. The summed E-state index contributed by atoms with van der Waals surface area (Å²) < 4.78 is 0. The van der Waals surface area contributed by atoms with E-state index in [-0.39, 0.29) is 0 Å². The normalized spacial score (nSPS) is 8.71. The number of fused-ring (bicyclic) bond motifs is 1. The molecule has 68 valence electrons. The van der Waals surface area contributed by atoms with E-state index in [1.54, 1.807) is 24.4 Å². The second-order valence-electron chi connectivity index (χ2n) is 2.40. The minimum Gasteiger partial charge on any atom is -0.296 e. The molecule has 3 nitrogen and oxygen atoms in total. The highest BCUT2D eigenvalue weighted by Crippen LogP contribution is 2.07. The van der Waals surface area contributed by atoms with Gasteiger partial charge in [0.25, 0.3) is 0 Å². The number of carbonyl (C=O) groups excluding carboxylic acids is 1. The van der Waals surface area contributed by atoms with Crippen molar-refractivity contribution in [1.82, 2.24) is 9.97 Å². The molecule has 2 aromatic rings. The third-order valence-electron chi connectivity index (χ3n) is 1.60. The molecule has 0 saturated heterocycles. The number of nitrogens with zero attached hydrogens (tertiary/aromatic N) is 2. The second kappa shape index (κ2) is 4.73. The summed E-state index contributed by atoms with van der Waals surface area (Å²) in [5, 5.41) is 0.